The number of rotatable bonds is 5. The van der Waals surface area contributed by atoms with E-state index in [1.807, 2.05) is 37.3 Å². The Kier molecular flexibility index (Phi) is 4.96. The van der Waals surface area contributed by atoms with E-state index in [9.17, 15) is 4.79 Å². The minimum Gasteiger partial charge on any atom is -0.465 e. The van der Waals surface area contributed by atoms with Crippen LogP contribution in [0.15, 0.2) is 54.6 Å². The van der Waals surface area contributed by atoms with Crippen LogP contribution in [0.3, 0.4) is 0 Å². The molecule has 23 heavy (non-hydrogen) atoms. The molecule has 3 rings (SSSR count). The zero-order valence-corrected chi connectivity index (χ0v) is 13.6. The zero-order valence-electron chi connectivity index (χ0n) is 13.6. The lowest BCUT2D eigenvalue weighted by Gasteiger charge is -2.18. The summed E-state index contributed by atoms with van der Waals surface area (Å²) in [6.45, 7) is 4.54. The van der Waals surface area contributed by atoms with Gasteiger partial charge in [0.2, 0.25) is 0 Å². The van der Waals surface area contributed by atoms with Crippen LogP contribution >= 0.6 is 0 Å². The van der Waals surface area contributed by atoms with E-state index in [4.69, 9.17) is 4.74 Å². The van der Waals surface area contributed by atoms with Crippen LogP contribution in [0, 0.1) is 12.8 Å². The lowest BCUT2D eigenvalue weighted by molar-refractivity contribution is -0.144. The van der Waals surface area contributed by atoms with E-state index < -0.39 is 0 Å². The summed E-state index contributed by atoms with van der Waals surface area (Å²) in [4.78, 5) is 14.4. The first-order chi connectivity index (χ1) is 11.2. The van der Waals surface area contributed by atoms with Gasteiger partial charge in [0.05, 0.1) is 13.0 Å². The summed E-state index contributed by atoms with van der Waals surface area (Å²) in [5, 5.41) is 0. The van der Waals surface area contributed by atoms with Crippen molar-refractivity contribution < 1.29 is 9.53 Å². The van der Waals surface area contributed by atoms with Crippen molar-refractivity contribution in [3.05, 3.63) is 65.7 Å². The molecule has 1 aliphatic heterocycles. The lowest BCUT2D eigenvalue weighted by atomic mass is 10.1. The molecule has 0 N–H and O–H groups in total. The van der Waals surface area contributed by atoms with Crippen molar-refractivity contribution in [3.8, 4) is 0 Å². The molecule has 1 heterocycles. The highest BCUT2D eigenvalue weighted by Crippen LogP contribution is 2.23. The first-order valence-corrected chi connectivity index (χ1v) is 8.22. The van der Waals surface area contributed by atoms with Crippen molar-refractivity contribution in [2.24, 2.45) is 5.92 Å². The Morgan fingerprint density at radius 1 is 1.13 bits per heavy atom. The Balaban J connectivity index is 1.46. The maximum Gasteiger partial charge on any atom is 0.310 e. The third-order valence-corrected chi connectivity index (χ3v) is 4.48. The molecule has 120 valence electrons. The van der Waals surface area contributed by atoms with Gasteiger partial charge in [0, 0.05) is 24.7 Å². The molecule has 2 aromatic carbocycles. The van der Waals surface area contributed by atoms with E-state index in [2.05, 4.69) is 29.2 Å². The first kappa shape index (κ1) is 15.6. The Morgan fingerprint density at radius 2 is 1.87 bits per heavy atom. The predicted molar refractivity (Wildman–Crippen MR) is 92.6 cm³/mol. The van der Waals surface area contributed by atoms with Crippen LogP contribution in [0.1, 0.15) is 17.5 Å². The highest BCUT2D eigenvalue weighted by molar-refractivity contribution is 5.73. The van der Waals surface area contributed by atoms with Crippen molar-refractivity contribution in [2.75, 3.05) is 24.6 Å². The van der Waals surface area contributed by atoms with Crippen molar-refractivity contribution in [2.45, 2.75) is 19.8 Å². The van der Waals surface area contributed by atoms with Gasteiger partial charge in [-0.3, -0.25) is 4.79 Å². The minimum atomic E-state index is -0.127. The molecule has 0 amide bonds. The van der Waals surface area contributed by atoms with Crippen LogP contribution in [-0.2, 0) is 16.0 Å². The number of carbonyl (C=O) groups excluding carboxylic acids is 1. The van der Waals surface area contributed by atoms with E-state index in [1.165, 1.54) is 5.69 Å². The molecular formula is C20H23NO2. The van der Waals surface area contributed by atoms with Gasteiger partial charge in [-0.05, 0) is 36.6 Å². The van der Waals surface area contributed by atoms with Crippen molar-refractivity contribution >= 4 is 11.7 Å². The number of hydrogen-bond acceptors (Lipinski definition) is 3. The quantitative estimate of drug-likeness (QED) is 0.790. The summed E-state index contributed by atoms with van der Waals surface area (Å²) in [5.41, 5.74) is 3.44. The number of aryl methyl sites for hydroxylation is 1. The van der Waals surface area contributed by atoms with Crippen molar-refractivity contribution in [1.82, 2.24) is 0 Å². The fourth-order valence-electron chi connectivity index (χ4n) is 3.07. The summed E-state index contributed by atoms with van der Waals surface area (Å²) >= 11 is 0. The molecule has 1 unspecified atom stereocenters. The standard InChI is InChI=1S/C20H23NO2/c1-16-7-5-6-8-18(16)13-20(22)23-15-17-11-12-21(14-17)19-9-3-2-4-10-19/h2-10,17H,11-15H2,1H3. The summed E-state index contributed by atoms with van der Waals surface area (Å²) in [5.74, 6) is 0.300. The van der Waals surface area contributed by atoms with Gasteiger partial charge in [-0.2, -0.15) is 0 Å². The van der Waals surface area contributed by atoms with Gasteiger partial charge in [0.25, 0.3) is 0 Å². The molecule has 0 saturated carbocycles. The molecule has 3 nitrogen and oxygen atoms in total. The molecule has 0 bridgehead atoms. The van der Waals surface area contributed by atoms with E-state index in [0.717, 1.165) is 30.6 Å². The second-order valence-corrected chi connectivity index (χ2v) is 6.22. The molecule has 0 aromatic heterocycles. The molecule has 1 saturated heterocycles. The number of benzene rings is 2. The summed E-state index contributed by atoms with van der Waals surface area (Å²) < 4.78 is 5.50. The third kappa shape index (κ3) is 4.13. The van der Waals surface area contributed by atoms with Gasteiger partial charge in [-0.1, -0.05) is 42.5 Å². The maximum absolute atomic E-state index is 12.0. The molecule has 1 atom stereocenters. The second kappa shape index (κ2) is 7.32. The Hall–Kier alpha value is -2.29. The highest BCUT2D eigenvalue weighted by atomic mass is 16.5. The van der Waals surface area contributed by atoms with Crippen molar-refractivity contribution in [3.63, 3.8) is 0 Å². The fraction of sp³-hybridized carbons (Fsp3) is 0.350. The number of ether oxygens (including phenoxy) is 1. The van der Waals surface area contributed by atoms with Gasteiger partial charge >= 0.3 is 5.97 Å². The Bertz CT molecular complexity index is 654. The molecular weight excluding hydrogens is 286 g/mol. The van der Waals surface area contributed by atoms with Crippen LogP contribution in [0.4, 0.5) is 5.69 Å². The van der Waals surface area contributed by atoms with E-state index in [0.29, 0.717) is 18.9 Å². The molecule has 0 spiro atoms. The summed E-state index contributed by atoms with van der Waals surface area (Å²) in [6, 6.07) is 18.4. The van der Waals surface area contributed by atoms with Crippen LogP contribution < -0.4 is 4.90 Å². The number of nitrogens with zero attached hydrogens (tertiary/aromatic N) is 1. The third-order valence-electron chi connectivity index (χ3n) is 4.48. The van der Waals surface area contributed by atoms with Gasteiger partial charge < -0.3 is 9.64 Å². The number of carbonyl (C=O) groups is 1. The average Bonchev–Trinajstić information content (AvgIpc) is 3.05. The van der Waals surface area contributed by atoms with Crippen LogP contribution in [0.5, 0.6) is 0 Å². The summed E-state index contributed by atoms with van der Waals surface area (Å²) in [6.07, 6.45) is 1.44. The SMILES string of the molecule is Cc1ccccc1CC(=O)OCC1CCN(c2ccccc2)C1. The normalized spacial score (nSPS) is 17.3. The fourth-order valence-corrected chi connectivity index (χ4v) is 3.07. The van der Waals surface area contributed by atoms with Crippen LogP contribution in [0.25, 0.3) is 0 Å². The minimum absolute atomic E-state index is 0.127. The average molecular weight is 309 g/mol. The Morgan fingerprint density at radius 3 is 2.65 bits per heavy atom. The van der Waals surface area contributed by atoms with Crippen molar-refractivity contribution in [1.29, 1.82) is 0 Å². The zero-order chi connectivity index (χ0) is 16.1. The van der Waals surface area contributed by atoms with E-state index in [1.54, 1.807) is 0 Å². The lowest BCUT2D eigenvalue weighted by Crippen LogP contribution is -2.22. The topological polar surface area (TPSA) is 29.5 Å². The van der Waals surface area contributed by atoms with Crippen LogP contribution in [-0.4, -0.2) is 25.7 Å². The van der Waals surface area contributed by atoms with E-state index >= 15 is 0 Å². The second-order valence-electron chi connectivity index (χ2n) is 6.22. The number of esters is 1. The molecule has 0 radical (unpaired) electrons. The van der Waals surface area contributed by atoms with Gasteiger partial charge in [0.1, 0.15) is 0 Å². The van der Waals surface area contributed by atoms with Gasteiger partial charge in [-0.25, -0.2) is 0 Å². The largest absolute Gasteiger partial charge is 0.465 e. The Labute approximate surface area is 137 Å². The number of hydrogen-bond donors (Lipinski definition) is 0. The number of para-hydroxylation sites is 1. The van der Waals surface area contributed by atoms with Gasteiger partial charge in [0.15, 0.2) is 0 Å². The smallest absolute Gasteiger partial charge is 0.310 e. The molecule has 1 fully saturated rings. The maximum atomic E-state index is 12.0. The predicted octanol–water partition coefficient (Wildman–Crippen LogP) is 3.61. The number of anilines is 1. The monoisotopic (exact) mass is 309 g/mol. The molecule has 0 aliphatic carbocycles. The van der Waals surface area contributed by atoms with E-state index in [-0.39, 0.29) is 5.97 Å². The summed E-state index contributed by atoms with van der Waals surface area (Å²) in [7, 11) is 0. The first-order valence-electron chi connectivity index (χ1n) is 8.22. The molecule has 2 aromatic rings. The molecule has 3 heteroatoms. The highest BCUT2D eigenvalue weighted by Gasteiger charge is 2.23. The molecule has 1 aliphatic rings. The van der Waals surface area contributed by atoms with Crippen LogP contribution in [0.2, 0.25) is 0 Å². The van der Waals surface area contributed by atoms with Gasteiger partial charge in [-0.15, -0.1) is 0 Å².